The van der Waals surface area contributed by atoms with E-state index in [-0.39, 0.29) is 28.7 Å². The zero-order chi connectivity index (χ0) is 29.4. The van der Waals surface area contributed by atoms with Gasteiger partial charge in [0.05, 0.1) is 6.04 Å². The number of rotatable bonds is 15. The highest BCUT2D eigenvalue weighted by molar-refractivity contribution is 5.75. The van der Waals surface area contributed by atoms with Crippen LogP contribution in [0.4, 0.5) is 17.6 Å². The summed E-state index contributed by atoms with van der Waals surface area (Å²) >= 11 is 0. The van der Waals surface area contributed by atoms with Crippen LogP contribution in [0.3, 0.4) is 0 Å². The van der Waals surface area contributed by atoms with Gasteiger partial charge in [-0.2, -0.15) is 0 Å². The van der Waals surface area contributed by atoms with Gasteiger partial charge in [0.15, 0.2) is 0 Å². The molecule has 0 aliphatic heterocycles. The Labute approximate surface area is 230 Å². The average Bonchev–Trinajstić information content (AvgIpc) is 2.89. The van der Waals surface area contributed by atoms with E-state index in [0.29, 0.717) is 11.1 Å². The molecule has 1 aromatic carbocycles. The van der Waals surface area contributed by atoms with Crippen LogP contribution in [0.2, 0.25) is 0 Å². The van der Waals surface area contributed by atoms with E-state index in [0.717, 1.165) is 24.6 Å². The second kappa shape index (κ2) is 17.3. The molecule has 0 N–H and O–H groups in total. The zero-order valence-corrected chi connectivity index (χ0v) is 22.6. The lowest BCUT2D eigenvalue weighted by Crippen LogP contribution is -2.07. The van der Waals surface area contributed by atoms with E-state index in [9.17, 15) is 17.6 Å². The molecule has 39 heavy (non-hydrogen) atoms. The van der Waals surface area contributed by atoms with Gasteiger partial charge >= 0.3 is 0 Å². The number of aliphatic imine (C=N–C) groups is 1. The van der Waals surface area contributed by atoms with Gasteiger partial charge in [-0.25, -0.2) is 17.6 Å². The van der Waals surface area contributed by atoms with Crippen molar-refractivity contribution in [3.8, 4) is 0 Å². The summed E-state index contributed by atoms with van der Waals surface area (Å²) in [7, 11) is 0. The van der Waals surface area contributed by atoms with Crippen LogP contribution in [-0.4, -0.2) is 12.3 Å². The molecule has 0 amide bonds. The largest absolute Gasteiger partial charge is 0.285 e. The maximum atomic E-state index is 14.5. The van der Waals surface area contributed by atoms with E-state index in [1.165, 1.54) is 18.4 Å². The maximum absolute atomic E-state index is 14.5. The Bertz CT molecular complexity index is 1300. The summed E-state index contributed by atoms with van der Waals surface area (Å²) in [5.74, 6) is -2.79. The smallest absolute Gasteiger partial charge is 0.134 e. The molecule has 0 saturated carbocycles. The average molecular weight is 534 g/mol. The Hall–Kier alpha value is -4.25. The summed E-state index contributed by atoms with van der Waals surface area (Å²) in [6.07, 6.45) is 20.1. The molecule has 0 aromatic heterocycles. The summed E-state index contributed by atoms with van der Waals surface area (Å²) in [6, 6.07) is 1.48. The van der Waals surface area contributed by atoms with Crippen LogP contribution in [0.25, 0.3) is 5.57 Å². The SMILES string of the molecule is C=CC(=C)/C(C(=C)F)=C(/C=C(/F)C=C)[C@@H](C)N=C/C=C\C=C\Cc1cc(F)cc(F)c1C(=C)/C=C\C=C/CC. The molecule has 0 fully saturated rings. The maximum Gasteiger partial charge on any atom is 0.134 e. The molecule has 5 heteroatoms. The predicted molar refractivity (Wildman–Crippen MR) is 160 cm³/mol. The van der Waals surface area contributed by atoms with Gasteiger partial charge in [-0.3, -0.25) is 4.99 Å². The molecule has 0 unspecified atom stereocenters. The van der Waals surface area contributed by atoms with Crippen molar-refractivity contribution in [3.05, 3.63) is 163 Å². The second-order valence-corrected chi connectivity index (χ2v) is 8.33. The van der Waals surface area contributed by atoms with E-state index in [1.807, 2.05) is 19.1 Å². The molecule has 0 spiro atoms. The highest BCUT2D eigenvalue weighted by Crippen LogP contribution is 2.28. The summed E-state index contributed by atoms with van der Waals surface area (Å²) < 4.78 is 56.6. The van der Waals surface area contributed by atoms with Gasteiger partial charge in [0, 0.05) is 23.4 Å². The van der Waals surface area contributed by atoms with Crippen molar-refractivity contribution in [3.63, 3.8) is 0 Å². The van der Waals surface area contributed by atoms with Gasteiger partial charge in [0.1, 0.15) is 23.3 Å². The topological polar surface area (TPSA) is 12.4 Å². The molecular weight excluding hydrogens is 498 g/mol. The van der Waals surface area contributed by atoms with E-state index in [1.54, 1.807) is 43.4 Å². The van der Waals surface area contributed by atoms with Gasteiger partial charge < -0.3 is 0 Å². The van der Waals surface area contributed by atoms with Crippen LogP contribution < -0.4 is 0 Å². The van der Waals surface area contributed by atoms with Gasteiger partial charge in [0.2, 0.25) is 0 Å². The monoisotopic (exact) mass is 533 g/mol. The Morgan fingerprint density at radius 2 is 1.64 bits per heavy atom. The Morgan fingerprint density at radius 3 is 2.26 bits per heavy atom. The van der Waals surface area contributed by atoms with Gasteiger partial charge in [-0.05, 0) is 66.3 Å². The summed E-state index contributed by atoms with van der Waals surface area (Å²) in [5, 5.41) is 0. The van der Waals surface area contributed by atoms with Crippen molar-refractivity contribution in [1.29, 1.82) is 0 Å². The molecule has 1 nitrogen and oxygen atoms in total. The fourth-order valence-electron chi connectivity index (χ4n) is 3.49. The van der Waals surface area contributed by atoms with Crippen LogP contribution in [0.15, 0.2) is 145 Å². The third-order valence-electron chi connectivity index (χ3n) is 5.40. The first-order valence-electron chi connectivity index (χ1n) is 12.3. The van der Waals surface area contributed by atoms with Crippen LogP contribution in [0, 0.1) is 11.6 Å². The van der Waals surface area contributed by atoms with E-state index in [2.05, 4.69) is 37.9 Å². The number of benzene rings is 1. The third-order valence-corrected chi connectivity index (χ3v) is 5.40. The molecule has 204 valence electrons. The van der Waals surface area contributed by atoms with Crippen molar-refractivity contribution in [2.24, 2.45) is 4.99 Å². The molecule has 0 bridgehead atoms. The standard InChI is InChI=1S/C34H35F4N/c1-8-11-12-15-18-25(5)34-28(21-30(37)23-32(34)38)19-16-13-14-17-20-39-27(7)31(22-29(36)10-3)33(26(6)35)24(4)9-2/h9-18,20-23,27H,2-6,8,19H2,1,7H3/b12-11-,16-13+,17-14-,18-15-,29-22+,33-31+,39-20?/t27-/m1/s1. The van der Waals surface area contributed by atoms with Crippen molar-refractivity contribution >= 4 is 11.8 Å². The van der Waals surface area contributed by atoms with E-state index < -0.39 is 29.3 Å². The lowest BCUT2D eigenvalue weighted by atomic mass is 9.95. The molecule has 0 saturated heterocycles. The molecule has 1 aromatic rings. The highest BCUT2D eigenvalue weighted by Gasteiger charge is 2.16. The first-order valence-corrected chi connectivity index (χ1v) is 12.3. The van der Waals surface area contributed by atoms with Crippen molar-refractivity contribution < 1.29 is 17.6 Å². The lowest BCUT2D eigenvalue weighted by molar-refractivity contribution is 0.578. The number of hydrogen-bond acceptors (Lipinski definition) is 1. The molecule has 0 radical (unpaired) electrons. The fraction of sp³-hybridized carbons (Fsp3) is 0.147. The number of nitrogens with zero attached hydrogens (tertiary/aromatic N) is 1. The summed E-state index contributed by atoms with van der Waals surface area (Å²) in [4.78, 5) is 4.33. The first-order chi connectivity index (χ1) is 18.6. The molecule has 0 aliphatic carbocycles. The minimum absolute atomic E-state index is 0.0199. The van der Waals surface area contributed by atoms with Crippen LogP contribution >= 0.6 is 0 Å². The highest BCUT2D eigenvalue weighted by atomic mass is 19.1. The number of halogens is 4. The first kappa shape index (κ1) is 32.8. The summed E-state index contributed by atoms with van der Waals surface area (Å²) in [6.45, 7) is 21.6. The van der Waals surface area contributed by atoms with Crippen LogP contribution in [-0.2, 0) is 6.42 Å². The lowest BCUT2D eigenvalue weighted by Gasteiger charge is -2.15. The Morgan fingerprint density at radius 1 is 0.949 bits per heavy atom. The molecule has 0 aliphatic rings. The normalized spacial score (nSPS) is 14.1. The summed E-state index contributed by atoms with van der Waals surface area (Å²) in [5.41, 5.74) is 1.65. The predicted octanol–water partition coefficient (Wildman–Crippen LogP) is 10.2. The van der Waals surface area contributed by atoms with Crippen LogP contribution in [0.1, 0.15) is 31.4 Å². The van der Waals surface area contributed by atoms with E-state index >= 15 is 0 Å². The molecule has 0 heterocycles. The van der Waals surface area contributed by atoms with Crippen molar-refractivity contribution in [2.75, 3.05) is 0 Å². The van der Waals surface area contributed by atoms with Gasteiger partial charge in [0.25, 0.3) is 0 Å². The Balaban J connectivity index is 3.10. The minimum atomic E-state index is -0.785. The van der Waals surface area contributed by atoms with Crippen molar-refractivity contribution in [2.45, 2.75) is 32.7 Å². The molecular formula is C34H35F4N. The fourth-order valence-corrected chi connectivity index (χ4v) is 3.49. The number of allylic oxidation sites excluding steroid dienone is 15. The zero-order valence-electron chi connectivity index (χ0n) is 22.6. The molecule has 1 atom stereocenters. The van der Waals surface area contributed by atoms with Gasteiger partial charge in [-0.1, -0.05) is 88.4 Å². The molecule has 1 rings (SSSR count). The minimum Gasteiger partial charge on any atom is -0.285 e. The Kier molecular flexibility index (Phi) is 14.5. The van der Waals surface area contributed by atoms with Crippen LogP contribution in [0.5, 0.6) is 0 Å². The number of hydrogen-bond donors (Lipinski definition) is 0. The van der Waals surface area contributed by atoms with Crippen molar-refractivity contribution in [1.82, 2.24) is 0 Å². The quantitative estimate of drug-likeness (QED) is 0.121. The second-order valence-electron chi connectivity index (χ2n) is 8.33. The van der Waals surface area contributed by atoms with E-state index in [4.69, 9.17) is 0 Å². The third kappa shape index (κ3) is 10.9. The van der Waals surface area contributed by atoms with Gasteiger partial charge in [-0.15, -0.1) is 0 Å².